The average Bonchev–Trinajstić information content (AvgIpc) is 1.63. The van der Waals surface area contributed by atoms with E-state index in [-0.39, 0.29) is 47.2 Å². The van der Waals surface area contributed by atoms with Crippen LogP contribution in [-0.2, 0) is 55.6 Å². The second-order valence-electron chi connectivity index (χ2n) is 24.7. The Morgan fingerprint density at radius 2 is 1.29 bits per heavy atom. The number of anilines is 3. The maximum Gasteiger partial charge on any atom is 1.00 e. The van der Waals surface area contributed by atoms with Gasteiger partial charge in [0.05, 0.1) is 30.5 Å². The summed E-state index contributed by atoms with van der Waals surface area (Å²) in [4.78, 5) is 112. The van der Waals surface area contributed by atoms with Crippen molar-refractivity contribution in [1.29, 1.82) is 0 Å². The van der Waals surface area contributed by atoms with Gasteiger partial charge in [-0.05, 0) is 104 Å². The van der Waals surface area contributed by atoms with Crippen LogP contribution in [0, 0.1) is 17.9 Å². The zero-order chi connectivity index (χ0) is 65.4. The van der Waals surface area contributed by atoms with Crippen molar-refractivity contribution in [3.05, 3.63) is 89.3 Å². The van der Waals surface area contributed by atoms with E-state index < -0.39 is 181 Å². The van der Waals surface area contributed by atoms with Crippen molar-refractivity contribution >= 4 is 69.5 Å². The van der Waals surface area contributed by atoms with Crippen LogP contribution in [-0.4, -0.2) is 229 Å². The Bertz CT molecular complexity index is 3180. The number of hydrogen-bond acceptors (Lipinski definition) is 21. The third kappa shape index (κ3) is 16.7. The second kappa shape index (κ2) is 31.6. The normalized spacial score (nSPS) is 28.2. The molecule has 29 nitrogen and oxygen atoms in total. The average molecular weight is 1310 g/mol. The molecule has 31 heteroatoms. The molecule has 1 aliphatic carbocycles. The summed E-state index contributed by atoms with van der Waals surface area (Å²) in [5.41, 5.74) is 3.80. The van der Waals surface area contributed by atoms with Crippen LogP contribution >= 0.6 is 0 Å². The number of aromatic hydroxyl groups is 1. The minimum absolute atomic E-state index is 0. The van der Waals surface area contributed by atoms with Gasteiger partial charge in [-0.25, -0.2) is 10.8 Å². The van der Waals surface area contributed by atoms with E-state index in [9.17, 15) is 78.8 Å². The molecule has 7 amide bonds. The van der Waals surface area contributed by atoms with Crippen LogP contribution in [0.1, 0.15) is 81.1 Å². The van der Waals surface area contributed by atoms with Crippen LogP contribution < -0.4 is 76.1 Å². The van der Waals surface area contributed by atoms with Gasteiger partial charge in [-0.15, -0.1) is 4.33 Å². The van der Waals surface area contributed by atoms with E-state index in [4.69, 9.17) is 6.57 Å². The number of nitrogens with one attached hydrogen (secondary N) is 5. The predicted molar refractivity (Wildman–Crippen MR) is 323 cm³/mol. The Balaban J connectivity index is 0.0000109. The monoisotopic (exact) mass is 1310 g/mol. The van der Waals surface area contributed by atoms with Crippen molar-refractivity contribution in [3.63, 3.8) is 0 Å². The number of piperazine rings is 1. The first kappa shape index (κ1) is 71.3. The number of phenolic OH excluding ortho intramolecular Hbond substituents is 1. The summed E-state index contributed by atoms with van der Waals surface area (Å²) < 4.78 is 16.6. The number of β-amino-alcohol motifs (C(OH)–C–C–N with tert-alkyl or cyclic N) is 1. The van der Waals surface area contributed by atoms with Gasteiger partial charge in [0.1, 0.15) is 46.9 Å². The molecule has 0 radical (unpaired) electrons. The summed E-state index contributed by atoms with van der Waals surface area (Å²) in [5, 5.41) is 104. The first-order chi connectivity index (χ1) is 43.5. The number of aliphatic hydroxyl groups is 6. The van der Waals surface area contributed by atoms with Crippen molar-refractivity contribution in [3.8, 4) is 5.75 Å². The predicted octanol–water partition coefficient (Wildman–Crippen LogP) is -6.00. The van der Waals surface area contributed by atoms with E-state index in [0.29, 0.717) is 18.5 Å². The van der Waals surface area contributed by atoms with Gasteiger partial charge < -0.3 is 96.9 Å². The summed E-state index contributed by atoms with van der Waals surface area (Å²) in [7, 11) is 0. The number of carbonyl (C=O) groups is 7. The number of rotatable bonds is 14. The fourth-order valence-corrected chi connectivity index (χ4v) is 14.0. The van der Waals surface area contributed by atoms with Gasteiger partial charge in [0.2, 0.25) is 53.1 Å². The number of amides is 7. The molecule has 5 saturated heterocycles. The SMILES string of the molecule is [C-]#[N+]C[C@@H](O)[C@@H]1NC(=O)C([C@H](O)Cc2ccc(O)c(S(=O)OO[O-])c2)NC(=O)C2CC(O)CN2C(=O)C(C(C)O)NC(=O)[C@@H](NC(=O)c2ccc(N3CCN(c4ccc(N5CCC6(CCCC6)CC5)cc4)CC3)cc2)C[C@H](O)CNC(=O)C2[C@@H](O)C(C)CN2C1=O.[Na+]. The van der Waals surface area contributed by atoms with Crippen LogP contribution in [0.15, 0.2) is 71.6 Å². The third-order valence-corrected chi connectivity index (χ3v) is 19.5. The Kier molecular flexibility index (Phi) is 24.5. The van der Waals surface area contributed by atoms with E-state index in [1.54, 1.807) is 24.3 Å². The molecule has 3 aromatic carbocycles. The molecular weight excluding hydrogens is 1230 g/mol. The van der Waals surface area contributed by atoms with Gasteiger partial charge in [-0.1, -0.05) is 25.8 Å². The Morgan fingerprint density at radius 1 is 0.728 bits per heavy atom. The minimum atomic E-state index is -2.72. The van der Waals surface area contributed by atoms with Crippen molar-refractivity contribution in [2.24, 2.45) is 11.3 Å². The number of fused-ring (bicyclic) bond motifs is 2. The molecule has 494 valence electrons. The molecule has 5 heterocycles. The molecule has 6 aliphatic rings. The molecule has 1 spiro atoms. The molecule has 6 fully saturated rings. The molecule has 9 rings (SSSR count). The topological polar surface area (TPSA) is 400 Å². The van der Waals surface area contributed by atoms with Crippen molar-refractivity contribution in [2.75, 3.05) is 80.1 Å². The molecule has 5 aliphatic heterocycles. The molecule has 92 heavy (non-hydrogen) atoms. The number of benzene rings is 3. The number of aliphatic hydroxyl groups excluding tert-OH is 6. The van der Waals surface area contributed by atoms with Gasteiger partial charge >= 0.3 is 29.6 Å². The molecule has 14 atom stereocenters. The van der Waals surface area contributed by atoms with Crippen LogP contribution in [0.5, 0.6) is 5.75 Å². The maximum absolute atomic E-state index is 14.6. The number of hydrogen-bond donors (Lipinski definition) is 12. The van der Waals surface area contributed by atoms with E-state index in [1.807, 2.05) is 0 Å². The summed E-state index contributed by atoms with van der Waals surface area (Å²) in [6.45, 7) is 12.6. The van der Waals surface area contributed by atoms with Gasteiger partial charge in [-0.2, -0.15) is 0 Å². The largest absolute Gasteiger partial charge is 1.00 e. The summed E-state index contributed by atoms with van der Waals surface area (Å²) in [5.74, 6) is -9.52. The Hall–Kier alpha value is -6.57. The van der Waals surface area contributed by atoms with Crippen molar-refractivity contribution < 1.29 is 118 Å². The zero-order valence-corrected chi connectivity index (χ0v) is 54.3. The van der Waals surface area contributed by atoms with Gasteiger partial charge in [0.25, 0.3) is 5.91 Å². The smallest absolute Gasteiger partial charge is 0.691 e. The minimum Gasteiger partial charge on any atom is -0.691 e. The second-order valence-corrected chi connectivity index (χ2v) is 25.8. The van der Waals surface area contributed by atoms with Crippen LogP contribution in [0.2, 0.25) is 0 Å². The van der Waals surface area contributed by atoms with Crippen molar-refractivity contribution in [1.82, 2.24) is 36.4 Å². The number of phenols is 1. The van der Waals surface area contributed by atoms with E-state index in [0.717, 1.165) is 66.4 Å². The Morgan fingerprint density at radius 3 is 1.88 bits per heavy atom. The molecule has 8 unspecified atom stereocenters. The van der Waals surface area contributed by atoms with E-state index in [2.05, 4.69) is 79.8 Å². The van der Waals surface area contributed by atoms with Gasteiger partial charge in [0, 0.05) is 107 Å². The van der Waals surface area contributed by atoms with Crippen molar-refractivity contribution in [2.45, 2.75) is 149 Å². The van der Waals surface area contributed by atoms with Crippen LogP contribution in [0.4, 0.5) is 17.1 Å². The third-order valence-electron chi connectivity index (χ3n) is 18.6. The number of carbonyl (C=O) groups excluding carboxylic acids is 7. The Labute approximate surface area is 556 Å². The maximum atomic E-state index is 14.6. The quantitative estimate of drug-likeness (QED) is 0.0309. The van der Waals surface area contributed by atoms with Gasteiger partial charge in [-0.3, -0.25) is 38.6 Å². The standard InChI is InChI=1S/C61H81N11O18S.Na/c1-34-32-72-52(53(34)79)58(84)63-30-41(74)28-43(64-54(80)37-7-9-38(10-8-37)69-22-24-70(25-23-69)40-13-11-39(12-14-40)68-20-18-61(19-21-68)16-4-5-17-61)55(81)65-49(35(2)73)59(85)71-33-42(75)29-44(71)56(82)66-50(57(83)67-51(60(72)86)47(78)31-62-3)46(77)26-36-6-15-45(76)48(27-36)91(88)90-89-87;/h6-15,27,34-35,41-44,46-47,49-53,73-79,87H,4-5,16-26,28-33H2,1-2H3,(H,63,84)(H,64,80)(H,65,81)(H,66,82)(H,67,83);/q;+1/p-1/t34?,35?,41-,42?,43-,44?,46+,47+,49?,50?,51-,52?,53-,91?;/m0./s1. The molecule has 3 aromatic rings. The number of piperidine rings is 1. The summed E-state index contributed by atoms with van der Waals surface area (Å²) >= 11 is -2.72. The molecule has 0 aromatic heterocycles. The summed E-state index contributed by atoms with van der Waals surface area (Å²) in [6.07, 6.45) is -4.59. The zero-order valence-electron chi connectivity index (χ0n) is 51.5. The first-order valence-corrected chi connectivity index (χ1v) is 31.7. The summed E-state index contributed by atoms with van der Waals surface area (Å²) in [6, 6.07) is 7.05. The number of nitrogens with zero attached hydrogens (tertiary/aromatic N) is 6. The fourth-order valence-electron chi connectivity index (χ4n) is 13.4. The van der Waals surface area contributed by atoms with E-state index >= 15 is 0 Å². The van der Waals surface area contributed by atoms with Crippen LogP contribution in [0.3, 0.4) is 0 Å². The molecule has 0 bridgehead atoms. The van der Waals surface area contributed by atoms with E-state index in [1.165, 1.54) is 57.2 Å². The molecule has 12 N–H and O–H groups in total. The first-order valence-electron chi connectivity index (χ1n) is 30.7. The molecule has 1 saturated carbocycles. The fraction of sp³-hybridized carbons (Fsp3) is 0.574. The van der Waals surface area contributed by atoms with Crippen LogP contribution in [0.25, 0.3) is 4.85 Å². The van der Waals surface area contributed by atoms with Gasteiger partial charge in [0.15, 0.2) is 6.10 Å². The molecular formula is C61H80N11NaO18S.